The first-order valence-electron chi connectivity index (χ1n) is 8.03. The first-order valence-corrected chi connectivity index (χ1v) is 8.97. The summed E-state index contributed by atoms with van der Waals surface area (Å²) in [5, 5.41) is 2.32. The Morgan fingerprint density at radius 3 is 2.78 bits per heavy atom. The predicted molar refractivity (Wildman–Crippen MR) is 95.6 cm³/mol. The molecule has 2 aromatic carbocycles. The Labute approximate surface area is 140 Å². The van der Waals surface area contributed by atoms with E-state index < -0.39 is 0 Å². The molecule has 120 valence electrons. The van der Waals surface area contributed by atoms with Gasteiger partial charge in [-0.15, -0.1) is 0 Å². The molecule has 0 radical (unpaired) electrons. The second kappa shape index (κ2) is 6.32. The summed E-state index contributed by atoms with van der Waals surface area (Å²) in [5.41, 5.74) is 0. The van der Waals surface area contributed by atoms with Crippen molar-refractivity contribution < 1.29 is 9.47 Å². The maximum Gasteiger partial charge on any atom is 0.157 e. The van der Waals surface area contributed by atoms with Crippen molar-refractivity contribution in [2.24, 2.45) is 4.40 Å². The highest BCUT2D eigenvalue weighted by Crippen LogP contribution is 2.28. The molecule has 0 bridgehead atoms. The molecule has 1 atom stereocenters. The minimum atomic E-state index is 0.0691. The lowest BCUT2D eigenvalue weighted by atomic mass is 10.1. The molecule has 1 saturated heterocycles. The predicted octanol–water partition coefficient (Wildman–Crippen LogP) is 3.75. The molecule has 2 aromatic rings. The topological polar surface area (TPSA) is 34.1 Å². The van der Waals surface area contributed by atoms with Gasteiger partial charge in [-0.1, -0.05) is 12.1 Å². The van der Waals surface area contributed by atoms with Gasteiger partial charge in [-0.05, 0) is 59.8 Å². The second-order valence-corrected chi connectivity index (χ2v) is 6.74. The first-order chi connectivity index (χ1) is 11.3. The highest BCUT2D eigenvalue weighted by molar-refractivity contribution is 7.98. The number of fused-ring (bicyclic) bond motifs is 2. The smallest absolute Gasteiger partial charge is 0.157 e. The largest absolute Gasteiger partial charge is 0.497 e. The van der Waals surface area contributed by atoms with Crippen LogP contribution in [0.5, 0.6) is 11.5 Å². The van der Waals surface area contributed by atoms with Crippen molar-refractivity contribution in [2.75, 3.05) is 26.0 Å². The van der Waals surface area contributed by atoms with Crippen LogP contribution in [0.2, 0.25) is 0 Å². The Morgan fingerprint density at radius 1 is 1.09 bits per heavy atom. The fourth-order valence-electron chi connectivity index (χ4n) is 3.20. The van der Waals surface area contributed by atoms with Crippen molar-refractivity contribution in [3.63, 3.8) is 0 Å². The van der Waals surface area contributed by atoms with Gasteiger partial charge >= 0.3 is 0 Å². The summed E-state index contributed by atoms with van der Waals surface area (Å²) in [4.78, 5) is 2.37. The van der Waals surface area contributed by atoms with E-state index in [1.165, 1.54) is 5.39 Å². The zero-order valence-electron chi connectivity index (χ0n) is 13.2. The zero-order chi connectivity index (χ0) is 15.6. The molecule has 0 spiro atoms. The average molecular weight is 328 g/mol. The van der Waals surface area contributed by atoms with E-state index in [4.69, 9.17) is 9.47 Å². The van der Waals surface area contributed by atoms with Crippen molar-refractivity contribution in [2.45, 2.75) is 18.9 Å². The number of piperidine rings is 1. The summed E-state index contributed by atoms with van der Waals surface area (Å²) in [5.74, 6) is 3.95. The van der Waals surface area contributed by atoms with E-state index >= 15 is 0 Å². The Balaban J connectivity index is 1.60. The van der Waals surface area contributed by atoms with Crippen LogP contribution < -0.4 is 9.47 Å². The van der Waals surface area contributed by atoms with Crippen LogP contribution in [0.25, 0.3) is 10.8 Å². The number of nitrogens with zero attached hydrogens (tertiary/aromatic N) is 2. The van der Waals surface area contributed by atoms with Crippen molar-refractivity contribution in [1.82, 2.24) is 4.90 Å². The molecule has 23 heavy (non-hydrogen) atoms. The van der Waals surface area contributed by atoms with Crippen molar-refractivity contribution in [1.29, 1.82) is 0 Å². The van der Waals surface area contributed by atoms with E-state index in [2.05, 4.69) is 27.5 Å². The number of rotatable bonds is 3. The fourth-order valence-corrected chi connectivity index (χ4v) is 3.96. The van der Waals surface area contributed by atoms with Crippen LogP contribution in [0.4, 0.5) is 0 Å². The van der Waals surface area contributed by atoms with Gasteiger partial charge in [0.2, 0.25) is 0 Å². The summed E-state index contributed by atoms with van der Waals surface area (Å²) in [7, 11) is 1.69. The summed E-state index contributed by atoms with van der Waals surface area (Å²) in [6.07, 6.45) is 2.27. The molecule has 2 aliphatic heterocycles. The monoisotopic (exact) mass is 328 g/mol. The Bertz CT molecular complexity index is 747. The van der Waals surface area contributed by atoms with Crippen molar-refractivity contribution in [3.05, 3.63) is 36.4 Å². The quantitative estimate of drug-likeness (QED) is 0.804. The van der Waals surface area contributed by atoms with E-state index in [1.807, 2.05) is 18.2 Å². The molecule has 4 rings (SSSR count). The summed E-state index contributed by atoms with van der Waals surface area (Å²) in [6, 6.07) is 12.3. The van der Waals surface area contributed by atoms with Gasteiger partial charge in [0.25, 0.3) is 0 Å². The molecule has 2 aliphatic rings. The van der Waals surface area contributed by atoms with Gasteiger partial charge in [-0.2, -0.15) is 4.40 Å². The van der Waals surface area contributed by atoms with Gasteiger partial charge in [-0.25, -0.2) is 0 Å². The van der Waals surface area contributed by atoms with Crippen molar-refractivity contribution in [3.8, 4) is 11.5 Å². The first kappa shape index (κ1) is 14.7. The summed E-state index contributed by atoms with van der Waals surface area (Å²) >= 11 is 1.65. The number of benzene rings is 2. The summed E-state index contributed by atoms with van der Waals surface area (Å²) in [6.45, 7) is 2.19. The molecule has 1 unspecified atom stereocenters. The highest BCUT2D eigenvalue weighted by Gasteiger charge is 2.30. The number of ether oxygens (including phenoxy) is 2. The van der Waals surface area contributed by atoms with Gasteiger partial charge in [0.15, 0.2) is 11.9 Å². The molecule has 4 nitrogen and oxygen atoms in total. The third-order valence-electron chi connectivity index (χ3n) is 4.41. The van der Waals surface area contributed by atoms with Gasteiger partial charge in [-0.3, -0.25) is 0 Å². The Morgan fingerprint density at radius 2 is 1.91 bits per heavy atom. The molecule has 0 aromatic heterocycles. The van der Waals surface area contributed by atoms with Gasteiger partial charge in [0, 0.05) is 18.8 Å². The number of amidine groups is 1. The minimum Gasteiger partial charge on any atom is -0.497 e. The number of hydrogen-bond donors (Lipinski definition) is 0. The molecule has 0 saturated carbocycles. The molecular formula is C18H20N2O2S. The molecule has 0 aliphatic carbocycles. The lowest BCUT2D eigenvalue weighted by molar-refractivity contribution is 0.202. The van der Waals surface area contributed by atoms with E-state index in [-0.39, 0.29) is 6.10 Å². The van der Waals surface area contributed by atoms with E-state index in [0.29, 0.717) is 0 Å². The number of methoxy groups -OCH3 is 1. The van der Waals surface area contributed by atoms with Gasteiger partial charge in [0.1, 0.15) is 11.5 Å². The van der Waals surface area contributed by atoms with Crippen LogP contribution in [0.3, 0.4) is 0 Å². The van der Waals surface area contributed by atoms with Crippen LogP contribution in [0.1, 0.15) is 12.8 Å². The van der Waals surface area contributed by atoms with Crippen LogP contribution in [0.15, 0.2) is 40.8 Å². The second-order valence-electron chi connectivity index (χ2n) is 5.89. The summed E-state index contributed by atoms with van der Waals surface area (Å²) < 4.78 is 16.2. The zero-order valence-corrected chi connectivity index (χ0v) is 14.0. The molecular weight excluding hydrogens is 308 g/mol. The third-order valence-corrected chi connectivity index (χ3v) is 5.10. The minimum absolute atomic E-state index is 0.0691. The van der Waals surface area contributed by atoms with Crippen LogP contribution in [-0.4, -0.2) is 42.8 Å². The standard InChI is InChI=1S/C18H20N2O2S/c1-21-15-6-4-13-5-7-16(12-14(13)11-15)22-17-3-2-8-20-9-10-23-19-18(17)20/h4-7,11-12,17H,2-3,8-10H2,1H3. The normalized spacial score (nSPS) is 20.8. The molecule has 1 fully saturated rings. The SMILES string of the molecule is COc1ccc2ccc(OC3CCCN4CCSN=C34)cc2c1. The van der Waals surface area contributed by atoms with Gasteiger partial charge in [0.05, 0.1) is 7.11 Å². The molecule has 0 N–H and O–H groups in total. The maximum absolute atomic E-state index is 6.28. The Hall–Kier alpha value is -1.88. The van der Waals surface area contributed by atoms with E-state index in [9.17, 15) is 0 Å². The van der Waals surface area contributed by atoms with E-state index in [1.54, 1.807) is 19.1 Å². The van der Waals surface area contributed by atoms with E-state index in [0.717, 1.165) is 54.4 Å². The molecule has 2 heterocycles. The average Bonchev–Trinajstić information content (AvgIpc) is 2.61. The van der Waals surface area contributed by atoms with Crippen LogP contribution >= 0.6 is 11.9 Å². The molecule has 5 heteroatoms. The van der Waals surface area contributed by atoms with Crippen molar-refractivity contribution >= 4 is 28.6 Å². The number of hydrogen-bond acceptors (Lipinski definition) is 5. The lowest BCUT2D eigenvalue weighted by Gasteiger charge is -2.37. The highest BCUT2D eigenvalue weighted by atomic mass is 32.2. The molecule has 0 amide bonds. The van der Waals surface area contributed by atoms with Crippen LogP contribution in [-0.2, 0) is 0 Å². The maximum atomic E-state index is 6.28. The Kier molecular flexibility index (Phi) is 4.04. The third kappa shape index (κ3) is 2.98. The lowest BCUT2D eigenvalue weighted by Crippen LogP contribution is -2.48. The van der Waals surface area contributed by atoms with Gasteiger partial charge < -0.3 is 14.4 Å². The fraction of sp³-hybridized carbons (Fsp3) is 0.389. The van der Waals surface area contributed by atoms with Crippen LogP contribution in [0, 0.1) is 0 Å².